The first kappa shape index (κ1) is 15.8. The molecule has 0 saturated carbocycles. The van der Waals surface area contributed by atoms with E-state index in [1.165, 1.54) is 24.4 Å². The number of pyridine rings is 1. The molecule has 0 fully saturated rings. The number of nitrogens with zero attached hydrogens (tertiary/aromatic N) is 1. The molecular formula is C13H10F2N2O4S. The summed E-state index contributed by atoms with van der Waals surface area (Å²) in [7, 11) is -3.16. The number of sulfonamides is 1. The number of hydrogen-bond donors (Lipinski definition) is 1. The molecule has 116 valence electrons. The van der Waals surface area contributed by atoms with Crippen molar-refractivity contribution in [1.29, 1.82) is 0 Å². The minimum Gasteiger partial charge on any atom is -0.465 e. The summed E-state index contributed by atoms with van der Waals surface area (Å²) in [5, 5.41) is -0.355. The lowest BCUT2D eigenvalue weighted by atomic mass is 10.2. The van der Waals surface area contributed by atoms with Crippen LogP contribution in [-0.2, 0) is 14.8 Å². The van der Waals surface area contributed by atoms with Gasteiger partial charge in [0.15, 0.2) is 5.03 Å². The first-order valence-electron chi connectivity index (χ1n) is 5.86. The van der Waals surface area contributed by atoms with Crippen LogP contribution in [0, 0.1) is 11.6 Å². The quantitative estimate of drug-likeness (QED) is 0.867. The maximum atomic E-state index is 13.9. The van der Waals surface area contributed by atoms with Crippen LogP contribution in [0.4, 0.5) is 14.5 Å². The van der Waals surface area contributed by atoms with E-state index >= 15 is 0 Å². The van der Waals surface area contributed by atoms with Crippen molar-refractivity contribution < 1.29 is 26.7 Å². The average Bonchev–Trinajstić information content (AvgIpc) is 2.50. The molecule has 0 spiro atoms. The van der Waals surface area contributed by atoms with Gasteiger partial charge in [-0.25, -0.2) is 18.6 Å². The van der Waals surface area contributed by atoms with Crippen LogP contribution in [-0.4, -0.2) is 26.5 Å². The molecule has 22 heavy (non-hydrogen) atoms. The van der Waals surface area contributed by atoms with E-state index in [2.05, 4.69) is 9.72 Å². The third kappa shape index (κ3) is 3.19. The largest absolute Gasteiger partial charge is 0.465 e. The lowest BCUT2D eigenvalue weighted by molar-refractivity contribution is 0.0595. The molecule has 1 aromatic carbocycles. The molecule has 6 nitrogen and oxygen atoms in total. The fraction of sp³-hybridized carbons (Fsp3) is 0.0769. The van der Waals surface area contributed by atoms with Crippen molar-refractivity contribution >= 4 is 21.7 Å². The maximum Gasteiger partial charge on any atom is 0.340 e. The summed E-state index contributed by atoms with van der Waals surface area (Å²) in [5.41, 5.74) is -1.28. The van der Waals surface area contributed by atoms with Gasteiger partial charge >= 0.3 is 5.97 Å². The van der Waals surface area contributed by atoms with Crippen LogP contribution >= 0.6 is 0 Å². The highest BCUT2D eigenvalue weighted by Gasteiger charge is 2.21. The Morgan fingerprint density at radius 2 is 1.95 bits per heavy atom. The van der Waals surface area contributed by atoms with E-state index < -0.39 is 38.9 Å². The van der Waals surface area contributed by atoms with Gasteiger partial charge in [-0.3, -0.25) is 4.72 Å². The molecule has 9 heteroatoms. The zero-order valence-electron chi connectivity index (χ0n) is 11.2. The van der Waals surface area contributed by atoms with Gasteiger partial charge in [0.1, 0.15) is 11.6 Å². The van der Waals surface area contributed by atoms with Gasteiger partial charge in [0.05, 0.1) is 18.4 Å². The van der Waals surface area contributed by atoms with Gasteiger partial charge in [-0.2, -0.15) is 8.42 Å². The number of carbonyl (C=O) groups excluding carboxylic acids is 1. The van der Waals surface area contributed by atoms with Crippen molar-refractivity contribution in [2.45, 2.75) is 5.03 Å². The molecule has 0 atom stereocenters. The Labute approximate surface area is 124 Å². The molecule has 0 aliphatic rings. The number of halogens is 2. The molecule has 0 unspecified atom stereocenters. The van der Waals surface area contributed by atoms with Crippen molar-refractivity contribution in [2.75, 3.05) is 11.8 Å². The van der Waals surface area contributed by atoms with Gasteiger partial charge in [-0.15, -0.1) is 0 Å². The molecule has 0 bridgehead atoms. The zero-order chi connectivity index (χ0) is 16.3. The van der Waals surface area contributed by atoms with Gasteiger partial charge < -0.3 is 4.74 Å². The molecule has 0 saturated heterocycles. The molecule has 1 heterocycles. The minimum atomic E-state index is -4.18. The highest BCUT2D eigenvalue weighted by molar-refractivity contribution is 7.92. The Morgan fingerprint density at radius 3 is 2.55 bits per heavy atom. The van der Waals surface area contributed by atoms with Crippen LogP contribution in [0.3, 0.4) is 0 Å². The van der Waals surface area contributed by atoms with Crippen LogP contribution in [0.25, 0.3) is 0 Å². The van der Waals surface area contributed by atoms with Crippen LogP contribution in [0.5, 0.6) is 0 Å². The number of benzene rings is 1. The van der Waals surface area contributed by atoms with Gasteiger partial charge in [0, 0.05) is 12.3 Å². The second-order valence-electron chi connectivity index (χ2n) is 4.08. The number of anilines is 1. The molecule has 0 aliphatic heterocycles. The number of carbonyl (C=O) groups is 1. The molecular weight excluding hydrogens is 318 g/mol. The molecule has 2 aromatic rings. The molecule has 1 N–H and O–H groups in total. The number of methoxy groups -OCH3 is 1. The highest BCUT2D eigenvalue weighted by atomic mass is 32.2. The van der Waals surface area contributed by atoms with E-state index in [0.29, 0.717) is 12.1 Å². The van der Waals surface area contributed by atoms with Gasteiger partial charge in [-0.05, 0) is 18.2 Å². The number of rotatable bonds is 4. The summed E-state index contributed by atoms with van der Waals surface area (Å²) in [4.78, 5) is 14.8. The Balaban J connectivity index is 2.39. The Hall–Kier alpha value is -2.55. The lowest BCUT2D eigenvalue weighted by Crippen LogP contribution is -2.16. The third-order valence-corrected chi connectivity index (χ3v) is 3.90. The van der Waals surface area contributed by atoms with E-state index in [4.69, 9.17) is 0 Å². The van der Waals surface area contributed by atoms with Gasteiger partial charge in [-0.1, -0.05) is 6.07 Å². The first-order valence-corrected chi connectivity index (χ1v) is 7.34. The summed E-state index contributed by atoms with van der Waals surface area (Å²) >= 11 is 0. The fourth-order valence-corrected chi connectivity index (χ4v) is 2.60. The van der Waals surface area contributed by atoms with E-state index in [0.717, 1.165) is 7.11 Å². The first-order chi connectivity index (χ1) is 10.3. The molecule has 1 aromatic heterocycles. The predicted molar refractivity (Wildman–Crippen MR) is 72.7 cm³/mol. The maximum absolute atomic E-state index is 13.9. The van der Waals surface area contributed by atoms with Crippen molar-refractivity contribution in [3.8, 4) is 0 Å². The standard InChI is InChI=1S/C13H10F2N2O4S/c1-21-13(18)8-6-10(15)11(7-9(8)14)17-22(19,20)12-4-2-3-5-16-12/h2-7,17H,1H3. The van der Waals surface area contributed by atoms with Crippen molar-refractivity contribution in [2.24, 2.45) is 0 Å². The lowest BCUT2D eigenvalue weighted by Gasteiger charge is -2.10. The number of hydrogen-bond acceptors (Lipinski definition) is 5. The van der Waals surface area contributed by atoms with E-state index in [-0.39, 0.29) is 5.03 Å². The summed E-state index contributed by atoms with van der Waals surface area (Å²) in [6.45, 7) is 0. The van der Waals surface area contributed by atoms with Crippen LogP contribution in [0.2, 0.25) is 0 Å². The fourth-order valence-electron chi connectivity index (χ4n) is 1.59. The molecule has 0 aliphatic carbocycles. The zero-order valence-corrected chi connectivity index (χ0v) is 12.0. The predicted octanol–water partition coefficient (Wildman–Crippen LogP) is 1.95. The number of aromatic nitrogens is 1. The smallest absolute Gasteiger partial charge is 0.340 e. The van der Waals surface area contributed by atoms with Gasteiger partial charge in [0.2, 0.25) is 0 Å². The van der Waals surface area contributed by atoms with Crippen molar-refractivity contribution in [3.05, 3.63) is 53.7 Å². The Bertz CT molecular complexity index is 810. The minimum absolute atomic E-state index is 0.355. The molecule has 0 radical (unpaired) electrons. The highest BCUT2D eigenvalue weighted by Crippen LogP contribution is 2.22. The number of esters is 1. The Kier molecular flexibility index (Phi) is 4.36. The number of ether oxygens (including phenoxy) is 1. The van der Waals surface area contributed by atoms with Crippen molar-refractivity contribution in [1.82, 2.24) is 4.98 Å². The van der Waals surface area contributed by atoms with E-state index in [1.807, 2.05) is 4.72 Å². The van der Waals surface area contributed by atoms with Gasteiger partial charge in [0.25, 0.3) is 10.0 Å². The molecule has 0 amide bonds. The monoisotopic (exact) mass is 328 g/mol. The van der Waals surface area contributed by atoms with E-state index in [1.54, 1.807) is 0 Å². The van der Waals surface area contributed by atoms with Crippen LogP contribution < -0.4 is 4.72 Å². The SMILES string of the molecule is COC(=O)c1cc(F)c(NS(=O)(=O)c2ccccn2)cc1F. The summed E-state index contributed by atoms with van der Waals surface area (Å²) in [6, 6.07) is 5.24. The van der Waals surface area contributed by atoms with Crippen LogP contribution in [0.1, 0.15) is 10.4 Å². The molecule has 2 rings (SSSR count). The average molecular weight is 328 g/mol. The summed E-state index contributed by atoms with van der Waals surface area (Å²) in [5.74, 6) is -3.32. The third-order valence-electron chi connectivity index (χ3n) is 2.62. The summed E-state index contributed by atoms with van der Waals surface area (Å²) < 4.78 is 57.7. The number of nitrogens with one attached hydrogen (secondary N) is 1. The second-order valence-corrected chi connectivity index (χ2v) is 5.71. The van der Waals surface area contributed by atoms with E-state index in [9.17, 15) is 22.0 Å². The second kappa shape index (κ2) is 6.06. The topological polar surface area (TPSA) is 85.4 Å². The normalized spacial score (nSPS) is 11.0. The summed E-state index contributed by atoms with van der Waals surface area (Å²) in [6.07, 6.45) is 1.24. The van der Waals surface area contributed by atoms with Crippen molar-refractivity contribution in [3.63, 3.8) is 0 Å². The van der Waals surface area contributed by atoms with Crippen LogP contribution in [0.15, 0.2) is 41.6 Å². The Morgan fingerprint density at radius 1 is 1.23 bits per heavy atom.